The smallest absolute Gasteiger partial charge is 0.662 e. The van der Waals surface area contributed by atoms with E-state index in [0.29, 0.717) is 44.5 Å². The SMILES string of the molecule is CCC(=O)Cl.CCC(=O)N(c1ccccc1)[C@@H](C)[C@@H]1CCCN(C(=O)OCc2ccccc2)C1.C[C@H](Nc1ccccc1)[C@@H]1CCCN(C(=O)OCc2ccccc2)C1.O=CO[O-].[K+].[K]. The maximum atomic E-state index is 12.7. The fourth-order valence-corrected chi connectivity index (χ4v) is 7.27. The van der Waals surface area contributed by atoms with Crippen molar-refractivity contribution in [3.63, 3.8) is 0 Å². The van der Waals surface area contributed by atoms with Crippen molar-refractivity contribution in [3.8, 4) is 0 Å². The van der Waals surface area contributed by atoms with Gasteiger partial charge in [0.2, 0.25) is 11.1 Å². The van der Waals surface area contributed by atoms with E-state index in [1.54, 1.807) is 11.8 Å². The molecule has 2 fully saturated rings. The van der Waals surface area contributed by atoms with Gasteiger partial charge in [0.1, 0.15) is 13.2 Å². The molecule has 2 saturated heterocycles. The van der Waals surface area contributed by atoms with Crippen molar-refractivity contribution in [2.75, 3.05) is 36.4 Å². The summed E-state index contributed by atoms with van der Waals surface area (Å²) in [7, 11) is 0. The van der Waals surface area contributed by atoms with Gasteiger partial charge in [0, 0.05) is 114 Å². The van der Waals surface area contributed by atoms with Crippen LogP contribution in [0.25, 0.3) is 0 Å². The molecule has 1 radical (unpaired) electrons. The molecule has 4 aromatic carbocycles. The van der Waals surface area contributed by atoms with Crippen LogP contribution in [0.1, 0.15) is 77.3 Å². The van der Waals surface area contributed by atoms with Crippen molar-refractivity contribution in [2.45, 2.75) is 91.5 Å². The molecule has 0 bridgehead atoms. The molecule has 4 aromatic rings. The van der Waals surface area contributed by atoms with E-state index in [0.717, 1.165) is 61.3 Å². The van der Waals surface area contributed by atoms with Crippen LogP contribution in [-0.2, 0) is 42.0 Å². The number of halogens is 1. The molecule has 2 aliphatic rings. The van der Waals surface area contributed by atoms with Crippen molar-refractivity contribution in [3.05, 3.63) is 132 Å². The Kier molecular flexibility index (Phi) is 33.0. The third-order valence-corrected chi connectivity index (χ3v) is 11.0. The first kappa shape index (κ1) is 60.4. The molecule has 0 saturated carbocycles. The Morgan fingerprint density at radius 2 is 1.12 bits per heavy atom. The third-order valence-electron chi connectivity index (χ3n) is 10.7. The van der Waals surface area contributed by atoms with Crippen LogP contribution in [0.15, 0.2) is 121 Å². The number of nitrogens with zero attached hydrogens (tertiary/aromatic N) is 3. The Morgan fingerprint density at radius 3 is 1.54 bits per heavy atom. The molecule has 0 unspecified atom stereocenters. The van der Waals surface area contributed by atoms with E-state index in [9.17, 15) is 19.2 Å². The number of piperidine rings is 2. The zero-order valence-electron chi connectivity index (χ0n) is 38.8. The second-order valence-electron chi connectivity index (χ2n) is 15.2. The molecule has 13 nitrogen and oxygen atoms in total. The number of amides is 3. The topological polar surface area (TPSA) is 158 Å². The Balaban J connectivity index is 0.000000537. The zero-order valence-corrected chi connectivity index (χ0v) is 45.8. The maximum Gasteiger partial charge on any atom is 1.00 e. The Bertz CT molecular complexity index is 1920. The number of anilines is 2. The summed E-state index contributed by atoms with van der Waals surface area (Å²) in [5.41, 5.74) is 4.03. The van der Waals surface area contributed by atoms with Crippen LogP contribution in [0.3, 0.4) is 0 Å². The number of carbonyl (C=O) groups excluding carboxylic acids is 5. The summed E-state index contributed by atoms with van der Waals surface area (Å²) in [5, 5.41) is 11.7. The minimum Gasteiger partial charge on any atom is -0.662 e. The Hall–Kier alpha value is -2.65. The van der Waals surface area contributed by atoms with E-state index in [2.05, 4.69) is 36.2 Å². The van der Waals surface area contributed by atoms with Crippen LogP contribution < -0.4 is 66.9 Å². The molecule has 0 aromatic heterocycles. The fraction of sp³-hybridized carbons (Fsp3) is 0.408. The van der Waals surface area contributed by atoms with Gasteiger partial charge in [-0.15, -0.1) is 0 Å². The first-order chi connectivity index (χ1) is 30.5. The van der Waals surface area contributed by atoms with Gasteiger partial charge in [-0.2, -0.15) is 0 Å². The summed E-state index contributed by atoms with van der Waals surface area (Å²) in [4.78, 5) is 64.0. The van der Waals surface area contributed by atoms with Gasteiger partial charge in [0.15, 0.2) is 0 Å². The second-order valence-corrected chi connectivity index (χ2v) is 15.6. The number of carbonyl (C=O) groups is 5. The molecule has 3 amide bonds. The minimum atomic E-state index is -0.279. The Morgan fingerprint density at radius 1 is 0.723 bits per heavy atom. The molecule has 1 N–H and O–H groups in total. The van der Waals surface area contributed by atoms with Gasteiger partial charge in [-0.05, 0) is 98.4 Å². The van der Waals surface area contributed by atoms with E-state index >= 15 is 0 Å². The van der Waals surface area contributed by atoms with E-state index < -0.39 is 0 Å². The maximum absolute atomic E-state index is 12.7. The minimum absolute atomic E-state index is 0. The van der Waals surface area contributed by atoms with Crippen molar-refractivity contribution in [2.24, 2.45) is 11.8 Å². The summed E-state index contributed by atoms with van der Waals surface area (Å²) < 4.78 is 11.0. The van der Waals surface area contributed by atoms with Crippen molar-refractivity contribution in [1.29, 1.82) is 0 Å². The number of rotatable bonds is 13. The summed E-state index contributed by atoms with van der Waals surface area (Å²) in [6.07, 6.45) is 4.45. The summed E-state index contributed by atoms with van der Waals surface area (Å²) in [6.45, 7) is 11.1. The number of benzene rings is 4. The second kappa shape index (κ2) is 35.5. The zero-order chi connectivity index (χ0) is 45.8. The predicted octanol–water partition coefficient (Wildman–Crippen LogP) is 5.62. The fourth-order valence-electron chi connectivity index (χ4n) is 7.27. The quantitative estimate of drug-likeness (QED) is 0.0587. The first-order valence-corrected chi connectivity index (χ1v) is 21.9. The third kappa shape index (κ3) is 23.3. The van der Waals surface area contributed by atoms with E-state index in [1.807, 2.05) is 126 Å². The Labute approximate surface area is 475 Å². The summed E-state index contributed by atoms with van der Waals surface area (Å²) in [6, 6.07) is 39.9. The molecule has 0 aliphatic carbocycles. The summed E-state index contributed by atoms with van der Waals surface area (Å²) >= 11 is 4.82. The van der Waals surface area contributed by atoms with E-state index in [-0.39, 0.29) is 151 Å². The molecule has 2 aliphatic heterocycles. The van der Waals surface area contributed by atoms with Crippen LogP contribution in [0.5, 0.6) is 0 Å². The van der Waals surface area contributed by atoms with Gasteiger partial charge >= 0.3 is 63.6 Å². The van der Waals surface area contributed by atoms with Gasteiger partial charge in [-0.3, -0.25) is 14.4 Å². The number of ether oxygens (including phenoxy) is 2. The van der Waals surface area contributed by atoms with Crippen LogP contribution in [0.2, 0.25) is 0 Å². The molecule has 16 heteroatoms. The number of hydrogen-bond donors (Lipinski definition) is 1. The van der Waals surface area contributed by atoms with Gasteiger partial charge in [-0.25, -0.2) is 9.59 Å². The van der Waals surface area contributed by atoms with Gasteiger partial charge in [0.05, 0.1) is 0 Å². The van der Waals surface area contributed by atoms with Gasteiger partial charge < -0.3 is 39.6 Å². The van der Waals surface area contributed by atoms with Crippen LogP contribution in [-0.4, -0.2) is 129 Å². The monoisotopic (exact) mass is 963 g/mol. The molecule has 6 rings (SSSR count). The van der Waals surface area contributed by atoms with Crippen molar-refractivity contribution >= 4 is 104 Å². The number of nitrogens with one attached hydrogen (secondary N) is 1. The standard InChI is InChI=1S/C24H30N2O3.C21H26N2O2.C3H5ClO.CH2O3.2K/c1-3-23(27)26(22-14-8-5-9-15-22)19(2)21-13-10-16-25(17-21)24(28)29-18-20-11-6-4-7-12-20;1-17(22-20-12-6-3-7-13-20)19-11-8-14-23(15-19)21(24)25-16-18-9-4-2-5-10-18;1-2-3(4)5;2-1-4-3;;/h4-9,11-12,14-15,19,21H,3,10,13,16-18H2,1-2H3;2-7,9-10,12-13,17,19,22H,8,11,14-16H2,1H3;2H2,1H3;1,3H;;/q;;;;;+1/p-1/t19-,21+;17-,19+;;;;/m00..../s1. The summed E-state index contributed by atoms with van der Waals surface area (Å²) in [5.74, 6) is 0.745. The van der Waals surface area contributed by atoms with Crippen molar-refractivity contribution < 1.29 is 95.0 Å². The van der Waals surface area contributed by atoms with E-state index in [1.165, 1.54) is 0 Å². The molecular weight excluding hydrogens is 902 g/mol. The average Bonchev–Trinajstić information content (AvgIpc) is 3.34. The largest absolute Gasteiger partial charge is 1.00 e. The molecule has 4 atom stereocenters. The molecule has 65 heavy (non-hydrogen) atoms. The van der Waals surface area contributed by atoms with E-state index in [4.69, 9.17) is 31.1 Å². The molecule has 0 spiro atoms. The van der Waals surface area contributed by atoms with Gasteiger partial charge in [-0.1, -0.05) is 111 Å². The van der Waals surface area contributed by atoms with Crippen molar-refractivity contribution in [1.82, 2.24) is 9.80 Å². The predicted molar refractivity (Wildman–Crippen MR) is 249 cm³/mol. The normalized spacial score (nSPS) is 15.8. The van der Waals surface area contributed by atoms with Crippen LogP contribution in [0, 0.1) is 11.8 Å². The van der Waals surface area contributed by atoms with Crippen LogP contribution >= 0.6 is 11.6 Å². The first-order valence-electron chi connectivity index (χ1n) is 21.5. The number of likely N-dealkylation sites (tertiary alicyclic amines) is 2. The van der Waals surface area contributed by atoms with Gasteiger partial charge in [0.25, 0.3) is 6.47 Å². The molecular formula is C49H62ClK2N4O9. The number of hydrogen-bond acceptors (Lipinski definition) is 10. The molecule has 341 valence electrons. The van der Waals surface area contributed by atoms with Crippen LogP contribution in [0.4, 0.5) is 21.0 Å². The molecule has 2 heterocycles. The average molecular weight is 965 g/mol. The number of para-hydroxylation sites is 2.